The number of hydrogen-bond donors (Lipinski definition) is 3. The van der Waals surface area contributed by atoms with E-state index in [1.54, 1.807) is 6.08 Å². The van der Waals surface area contributed by atoms with Crippen LogP contribution in [-0.2, 0) is 14.3 Å². The molecule has 6 nitrogen and oxygen atoms in total. The third-order valence-corrected chi connectivity index (χ3v) is 18.3. The molecule has 0 radical (unpaired) electrons. The standard InChI is InChI=1S/C82H153NO5/c1-3-5-7-9-11-13-15-17-19-20-21-22-38-41-44-47-50-54-58-62-66-70-74-80(85)79(78-84)83-81(86)75-71-67-63-59-55-51-48-45-42-39-36-34-32-30-28-26-24-23-25-27-29-31-33-35-37-40-43-46-49-53-57-61-65-69-73-77-88-82(87)76-72-68-64-60-56-52-18-16-14-12-10-8-6-4-2/h10,12,16,18,25,27,31,33,70,74,79-80,84-85H,3-9,11,13-15,17,19-24,26,28-30,32,34-69,71-73,75-78H2,1-2H3,(H,83,86)/b12-10-,18-16-,27-25-,33-31-,74-70+. The monoisotopic (exact) mass is 1230 g/mol. The maximum Gasteiger partial charge on any atom is 0.305 e. The number of allylic oxidation sites excluding steroid dienone is 9. The lowest BCUT2D eigenvalue weighted by atomic mass is 10.0. The Morgan fingerprint density at radius 2 is 0.580 bits per heavy atom. The molecule has 2 unspecified atom stereocenters. The first-order valence-electron chi connectivity index (χ1n) is 39.6. The first-order chi connectivity index (χ1) is 43.5. The van der Waals surface area contributed by atoms with Gasteiger partial charge in [-0.25, -0.2) is 0 Å². The average molecular weight is 1230 g/mol. The van der Waals surface area contributed by atoms with Crippen molar-refractivity contribution in [3.05, 3.63) is 60.8 Å². The Kier molecular flexibility index (Phi) is 74.9. The van der Waals surface area contributed by atoms with Gasteiger partial charge in [0.2, 0.25) is 5.91 Å². The minimum atomic E-state index is -0.845. The molecule has 0 saturated carbocycles. The van der Waals surface area contributed by atoms with Crippen molar-refractivity contribution in [3.63, 3.8) is 0 Å². The van der Waals surface area contributed by atoms with E-state index < -0.39 is 12.1 Å². The first kappa shape index (κ1) is 85.6. The van der Waals surface area contributed by atoms with Gasteiger partial charge in [0.05, 0.1) is 25.4 Å². The fourth-order valence-corrected chi connectivity index (χ4v) is 12.2. The highest BCUT2D eigenvalue weighted by Gasteiger charge is 2.18. The normalized spacial score (nSPS) is 12.8. The maximum atomic E-state index is 12.5. The highest BCUT2D eigenvalue weighted by molar-refractivity contribution is 5.76. The fraction of sp³-hybridized carbons (Fsp3) is 0.854. The molecule has 0 spiro atoms. The number of aliphatic hydroxyl groups is 2. The third-order valence-electron chi connectivity index (χ3n) is 18.3. The quantitative estimate of drug-likeness (QED) is 0.0320. The van der Waals surface area contributed by atoms with Crippen LogP contribution in [0.3, 0.4) is 0 Å². The smallest absolute Gasteiger partial charge is 0.305 e. The van der Waals surface area contributed by atoms with Crippen LogP contribution < -0.4 is 5.32 Å². The second-order valence-corrected chi connectivity index (χ2v) is 27.0. The second kappa shape index (κ2) is 77.0. The van der Waals surface area contributed by atoms with Gasteiger partial charge in [-0.3, -0.25) is 9.59 Å². The van der Waals surface area contributed by atoms with Gasteiger partial charge in [-0.2, -0.15) is 0 Å². The molecule has 88 heavy (non-hydrogen) atoms. The summed E-state index contributed by atoms with van der Waals surface area (Å²) in [5.41, 5.74) is 0. The Labute approximate surface area is 549 Å². The summed E-state index contributed by atoms with van der Waals surface area (Å²) in [4.78, 5) is 24.6. The van der Waals surface area contributed by atoms with Crippen LogP contribution in [0.15, 0.2) is 60.8 Å². The number of ether oxygens (including phenoxy) is 1. The van der Waals surface area contributed by atoms with E-state index in [1.165, 1.54) is 340 Å². The molecule has 0 fully saturated rings. The summed E-state index contributed by atoms with van der Waals surface area (Å²) in [5, 5.41) is 23.3. The summed E-state index contributed by atoms with van der Waals surface area (Å²) in [7, 11) is 0. The van der Waals surface area contributed by atoms with Gasteiger partial charge in [-0.1, -0.05) is 383 Å². The molecule has 0 aliphatic carbocycles. The highest BCUT2D eigenvalue weighted by atomic mass is 16.5. The van der Waals surface area contributed by atoms with Crippen molar-refractivity contribution in [2.24, 2.45) is 0 Å². The molecule has 0 aromatic carbocycles. The van der Waals surface area contributed by atoms with Gasteiger partial charge in [0, 0.05) is 12.8 Å². The Morgan fingerprint density at radius 1 is 0.318 bits per heavy atom. The minimum absolute atomic E-state index is 0.00198. The van der Waals surface area contributed by atoms with Crippen LogP contribution in [0.5, 0.6) is 0 Å². The largest absolute Gasteiger partial charge is 0.466 e. The molecule has 2 atom stereocenters. The number of unbranched alkanes of at least 4 members (excludes halogenated alkanes) is 55. The summed E-state index contributed by atoms with van der Waals surface area (Å²) in [6.07, 6.45) is 103. The molecule has 0 rings (SSSR count). The van der Waals surface area contributed by atoms with Gasteiger partial charge in [0.1, 0.15) is 0 Å². The molecule has 0 aliphatic heterocycles. The molecule has 0 saturated heterocycles. The van der Waals surface area contributed by atoms with Crippen LogP contribution in [0.4, 0.5) is 0 Å². The molecule has 0 aromatic rings. The van der Waals surface area contributed by atoms with Crippen LogP contribution in [-0.4, -0.2) is 47.4 Å². The van der Waals surface area contributed by atoms with Crippen molar-refractivity contribution in [1.29, 1.82) is 0 Å². The Bertz CT molecular complexity index is 1520. The van der Waals surface area contributed by atoms with Crippen molar-refractivity contribution >= 4 is 11.9 Å². The summed E-state index contributed by atoms with van der Waals surface area (Å²) in [5.74, 6) is -0.0597. The highest BCUT2D eigenvalue weighted by Crippen LogP contribution is 2.19. The number of hydrogen-bond acceptors (Lipinski definition) is 5. The molecule has 0 bridgehead atoms. The van der Waals surface area contributed by atoms with E-state index in [2.05, 4.69) is 67.8 Å². The van der Waals surface area contributed by atoms with Crippen molar-refractivity contribution < 1.29 is 24.5 Å². The lowest BCUT2D eigenvalue weighted by Crippen LogP contribution is -2.45. The summed E-state index contributed by atoms with van der Waals surface area (Å²) < 4.78 is 5.48. The van der Waals surface area contributed by atoms with Gasteiger partial charge in [0.15, 0.2) is 0 Å². The van der Waals surface area contributed by atoms with Crippen molar-refractivity contribution in [3.8, 4) is 0 Å². The van der Waals surface area contributed by atoms with Gasteiger partial charge in [0.25, 0.3) is 0 Å². The predicted octanol–water partition coefficient (Wildman–Crippen LogP) is 26.2. The molecule has 1 amide bonds. The second-order valence-electron chi connectivity index (χ2n) is 27.0. The molecule has 516 valence electrons. The zero-order valence-corrected chi connectivity index (χ0v) is 59.2. The summed E-state index contributed by atoms with van der Waals surface area (Å²) in [6, 6.07) is -0.628. The Morgan fingerprint density at radius 3 is 0.898 bits per heavy atom. The topological polar surface area (TPSA) is 95.9 Å². The number of carbonyl (C=O) groups is 2. The molecule has 0 aliphatic rings. The van der Waals surface area contributed by atoms with Crippen LogP contribution in [0.2, 0.25) is 0 Å². The lowest BCUT2D eigenvalue weighted by molar-refractivity contribution is -0.143. The molecule has 0 heterocycles. The zero-order valence-electron chi connectivity index (χ0n) is 59.2. The first-order valence-corrected chi connectivity index (χ1v) is 39.6. The van der Waals surface area contributed by atoms with E-state index >= 15 is 0 Å². The molecule has 3 N–H and O–H groups in total. The Hall–Kier alpha value is -2.44. The summed E-state index contributed by atoms with van der Waals surface area (Å²) in [6.45, 7) is 4.89. The molecular formula is C82H153NO5. The van der Waals surface area contributed by atoms with Gasteiger partial charge >= 0.3 is 5.97 Å². The third kappa shape index (κ3) is 72.6. The van der Waals surface area contributed by atoms with E-state index in [0.29, 0.717) is 19.4 Å². The lowest BCUT2D eigenvalue weighted by Gasteiger charge is -2.20. The predicted molar refractivity (Wildman–Crippen MR) is 389 cm³/mol. The van der Waals surface area contributed by atoms with Crippen LogP contribution in [0, 0.1) is 0 Å². The number of amides is 1. The van der Waals surface area contributed by atoms with Crippen LogP contribution >= 0.6 is 0 Å². The number of esters is 1. The number of aliphatic hydroxyl groups excluding tert-OH is 2. The SMILES string of the molecule is CCCC/C=C\C/C=C\CCCCCCCC(=O)OCCCCCCCCCCCCC/C=C\C/C=C\CCCCCCCCCCCCCCCCCCCC(=O)NC(CO)C(O)/C=C/CCCCCCCCCCCCCCCCCCCCCC. The van der Waals surface area contributed by atoms with Gasteiger partial charge in [-0.15, -0.1) is 0 Å². The molecule has 0 aromatic heterocycles. The van der Waals surface area contributed by atoms with Gasteiger partial charge in [-0.05, 0) is 89.9 Å². The van der Waals surface area contributed by atoms with Crippen molar-refractivity contribution in [2.75, 3.05) is 13.2 Å². The van der Waals surface area contributed by atoms with E-state index in [1.807, 2.05) is 6.08 Å². The fourth-order valence-electron chi connectivity index (χ4n) is 12.2. The number of rotatable bonds is 74. The van der Waals surface area contributed by atoms with Crippen molar-refractivity contribution in [2.45, 2.75) is 437 Å². The number of nitrogens with one attached hydrogen (secondary N) is 1. The van der Waals surface area contributed by atoms with Crippen LogP contribution in [0.25, 0.3) is 0 Å². The van der Waals surface area contributed by atoms with Crippen LogP contribution in [0.1, 0.15) is 425 Å². The van der Waals surface area contributed by atoms with E-state index in [0.717, 1.165) is 57.8 Å². The minimum Gasteiger partial charge on any atom is -0.466 e. The molecule has 6 heteroatoms. The zero-order chi connectivity index (χ0) is 63.5. The average Bonchev–Trinajstić information content (AvgIpc) is 3.58. The maximum absolute atomic E-state index is 12.5. The van der Waals surface area contributed by atoms with E-state index in [4.69, 9.17) is 4.74 Å². The number of carbonyl (C=O) groups excluding carboxylic acids is 2. The van der Waals surface area contributed by atoms with E-state index in [-0.39, 0.29) is 18.5 Å². The molecular weight excluding hydrogens is 1080 g/mol. The van der Waals surface area contributed by atoms with Crippen molar-refractivity contribution in [1.82, 2.24) is 5.32 Å². The Balaban J connectivity index is 3.40. The summed E-state index contributed by atoms with van der Waals surface area (Å²) >= 11 is 0. The van der Waals surface area contributed by atoms with Gasteiger partial charge < -0.3 is 20.3 Å². The van der Waals surface area contributed by atoms with E-state index in [9.17, 15) is 19.8 Å².